The van der Waals surface area contributed by atoms with Gasteiger partial charge in [-0.3, -0.25) is 4.90 Å². The fourth-order valence-electron chi connectivity index (χ4n) is 2.87. The average Bonchev–Trinajstić information content (AvgIpc) is 2.76. The number of nitrogens with one attached hydrogen (secondary N) is 1. The number of nitrogens with zero attached hydrogens (tertiary/aromatic N) is 1. The van der Waals surface area contributed by atoms with E-state index in [0.29, 0.717) is 12.0 Å². The molecule has 1 aromatic rings. The summed E-state index contributed by atoms with van der Waals surface area (Å²) in [5.41, 5.74) is 0. The highest BCUT2D eigenvalue weighted by Gasteiger charge is 2.32. The van der Waals surface area contributed by atoms with Crippen LogP contribution >= 0.6 is 15.9 Å². The van der Waals surface area contributed by atoms with Crippen LogP contribution in [0.4, 0.5) is 0 Å². The van der Waals surface area contributed by atoms with Gasteiger partial charge in [0.15, 0.2) is 4.67 Å². The molecule has 1 saturated heterocycles. The van der Waals surface area contributed by atoms with Gasteiger partial charge in [0, 0.05) is 0 Å². The Labute approximate surface area is 118 Å². The molecule has 18 heavy (non-hydrogen) atoms. The first kappa shape index (κ1) is 14.1. The lowest BCUT2D eigenvalue weighted by Gasteiger charge is -2.38. The second-order valence-corrected chi connectivity index (χ2v) is 5.96. The van der Waals surface area contributed by atoms with Crippen molar-refractivity contribution in [2.45, 2.75) is 32.2 Å². The highest BCUT2D eigenvalue weighted by atomic mass is 79.9. The van der Waals surface area contributed by atoms with Crippen molar-refractivity contribution in [3.8, 4) is 0 Å². The second kappa shape index (κ2) is 6.73. The van der Waals surface area contributed by atoms with Gasteiger partial charge in [0.2, 0.25) is 0 Å². The van der Waals surface area contributed by atoms with Crippen LogP contribution in [-0.2, 0) is 0 Å². The quantitative estimate of drug-likeness (QED) is 0.844. The van der Waals surface area contributed by atoms with E-state index in [1.807, 2.05) is 6.07 Å². The van der Waals surface area contributed by atoms with Crippen LogP contribution < -0.4 is 5.32 Å². The second-order valence-electron chi connectivity index (χ2n) is 5.17. The summed E-state index contributed by atoms with van der Waals surface area (Å²) >= 11 is 3.40. The van der Waals surface area contributed by atoms with Crippen LogP contribution in [0.2, 0.25) is 0 Å². The molecule has 1 aromatic heterocycles. The maximum absolute atomic E-state index is 5.78. The van der Waals surface area contributed by atoms with Crippen molar-refractivity contribution in [2.24, 2.45) is 5.92 Å². The molecule has 1 fully saturated rings. The lowest BCUT2D eigenvalue weighted by Crippen LogP contribution is -2.40. The van der Waals surface area contributed by atoms with Crippen LogP contribution in [0.25, 0.3) is 0 Å². The molecule has 2 heterocycles. The molecule has 0 aromatic carbocycles. The summed E-state index contributed by atoms with van der Waals surface area (Å²) in [6.07, 6.45) is 3.76. The van der Waals surface area contributed by atoms with Gasteiger partial charge in [0.25, 0.3) is 0 Å². The molecular formula is C14H23BrN2O. The Balaban J connectivity index is 2.05. The van der Waals surface area contributed by atoms with Gasteiger partial charge in [-0.1, -0.05) is 6.92 Å². The summed E-state index contributed by atoms with van der Waals surface area (Å²) in [5.74, 6) is 1.74. The molecule has 1 aliphatic heterocycles. The fourth-order valence-corrected chi connectivity index (χ4v) is 3.19. The van der Waals surface area contributed by atoms with E-state index >= 15 is 0 Å². The highest BCUT2D eigenvalue weighted by molar-refractivity contribution is 9.10. The molecule has 0 spiro atoms. The molecular weight excluding hydrogens is 292 g/mol. The third kappa shape index (κ3) is 3.37. The van der Waals surface area contributed by atoms with Gasteiger partial charge in [-0.2, -0.15) is 0 Å². The maximum atomic E-state index is 5.78. The van der Waals surface area contributed by atoms with E-state index in [0.717, 1.165) is 30.1 Å². The summed E-state index contributed by atoms with van der Waals surface area (Å²) in [6.45, 7) is 5.56. The van der Waals surface area contributed by atoms with Crippen LogP contribution in [0.1, 0.15) is 38.0 Å². The summed E-state index contributed by atoms with van der Waals surface area (Å²) in [6, 6.07) is 4.51. The summed E-state index contributed by atoms with van der Waals surface area (Å²) in [4.78, 5) is 2.42. The number of hydrogen-bond donors (Lipinski definition) is 1. The Morgan fingerprint density at radius 1 is 1.50 bits per heavy atom. The Morgan fingerprint density at radius 2 is 2.33 bits per heavy atom. The van der Waals surface area contributed by atoms with Crippen molar-refractivity contribution >= 4 is 15.9 Å². The molecule has 0 saturated carbocycles. The minimum absolute atomic E-state index is 0.411. The summed E-state index contributed by atoms with van der Waals surface area (Å²) in [5, 5.41) is 3.55. The topological polar surface area (TPSA) is 28.4 Å². The lowest BCUT2D eigenvalue weighted by molar-refractivity contribution is 0.100. The first-order valence-corrected chi connectivity index (χ1v) is 7.68. The predicted molar refractivity (Wildman–Crippen MR) is 77.7 cm³/mol. The van der Waals surface area contributed by atoms with Gasteiger partial charge in [0.05, 0.1) is 6.04 Å². The third-order valence-electron chi connectivity index (χ3n) is 3.73. The summed E-state index contributed by atoms with van der Waals surface area (Å²) < 4.78 is 6.61. The van der Waals surface area contributed by atoms with Gasteiger partial charge < -0.3 is 9.73 Å². The van der Waals surface area contributed by atoms with Crippen molar-refractivity contribution in [3.63, 3.8) is 0 Å². The maximum Gasteiger partial charge on any atom is 0.169 e. The number of likely N-dealkylation sites (tertiary alicyclic amines) is 1. The van der Waals surface area contributed by atoms with Gasteiger partial charge in [0.1, 0.15) is 5.76 Å². The normalized spacial score (nSPS) is 25.5. The SMILES string of the molecule is CCCNCC1CCCN(C)C1c1ccc(Br)o1. The molecule has 1 N–H and O–H groups in total. The molecule has 2 unspecified atom stereocenters. The van der Waals surface area contributed by atoms with E-state index in [4.69, 9.17) is 4.42 Å². The van der Waals surface area contributed by atoms with Gasteiger partial charge >= 0.3 is 0 Å². The zero-order valence-electron chi connectivity index (χ0n) is 11.3. The highest BCUT2D eigenvalue weighted by Crippen LogP contribution is 2.36. The Kier molecular flexibility index (Phi) is 5.27. The molecule has 2 rings (SSSR count). The molecule has 3 nitrogen and oxygen atoms in total. The van der Waals surface area contributed by atoms with Crippen molar-refractivity contribution in [1.82, 2.24) is 10.2 Å². The Bertz CT molecular complexity index is 366. The van der Waals surface area contributed by atoms with Crippen molar-refractivity contribution in [3.05, 3.63) is 22.6 Å². The first-order valence-electron chi connectivity index (χ1n) is 6.88. The smallest absolute Gasteiger partial charge is 0.169 e. The molecule has 0 bridgehead atoms. The van der Waals surface area contributed by atoms with Crippen LogP contribution in [0.5, 0.6) is 0 Å². The number of furan rings is 1. The number of halogens is 1. The number of piperidine rings is 1. The predicted octanol–water partition coefficient (Wildman–Crippen LogP) is 3.42. The van der Waals surface area contributed by atoms with Gasteiger partial charge in [-0.05, 0) is 79.9 Å². The van der Waals surface area contributed by atoms with Crippen molar-refractivity contribution in [2.75, 3.05) is 26.7 Å². The Hall–Kier alpha value is -0.320. The zero-order chi connectivity index (χ0) is 13.0. The first-order chi connectivity index (χ1) is 8.72. The fraction of sp³-hybridized carbons (Fsp3) is 0.714. The monoisotopic (exact) mass is 314 g/mol. The third-order valence-corrected chi connectivity index (χ3v) is 4.15. The molecule has 1 aliphatic rings. The summed E-state index contributed by atoms with van der Waals surface area (Å²) in [7, 11) is 2.20. The van der Waals surface area contributed by atoms with Crippen molar-refractivity contribution < 1.29 is 4.42 Å². The minimum Gasteiger partial charge on any atom is -0.453 e. The van der Waals surface area contributed by atoms with Crippen LogP contribution in [0.3, 0.4) is 0 Å². The number of hydrogen-bond acceptors (Lipinski definition) is 3. The number of rotatable bonds is 5. The van der Waals surface area contributed by atoms with Crippen LogP contribution in [-0.4, -0.2) is 31.6 Å². The molecule has 0 aliphatic carbocycles. The van der Waals surface area contributed by atoms with E-state index in [1.54, 1.807) is 0 Å². The lowest BCUT2D eigenvalue weighted by atomic mass is 9.88. The minimum atomic E-state index is 0.411. The molecule has 0 amide bonds. The molecule has 0 radical (unpaired) electrons. The molecule has 4 heteroatoms. The van der Waals surface area contributed by atoms with E-state index in [-0.39, 0.29) is 0 Å². The van der Waals surface area contributed by atoms with Gasteiger partial charge in [-0.25, -0.2) is 0 Å². The largest absolute Gasteiger partial charge is 0.453 e. The van der Waals surface area contributed by atoms with Gasteiger partial charge in [-0.15, -0.1) is 0 Å². The standard InChI is InChI=1S/C14H23BrN2O/c1-3-8-16-10-11-5-4-9-17(2)14(11)12-6-7-13(15)18-12/h6-7,11,14,16H,3-5,8-10H2,1-2H3. The van der Waals surface area contributed by atoms with Crippen molar-refractivity contribution in [1.29, 1.82) is 0 Å². The van der Waals surface area contributed by atoms with E-state index in [1.165, 1.54) is 19.3 Å². The van der Waals surface area contributed by atoms with E-state index in [2.05, 4.69) is 46.2 Å². The van der Waals surface area contributed by atoms with Crippen LogP contribution in [0, 0.1) is 5.92 Å². The molecule has 2 atom stereocenters. The van der Waals surface area contributed by atoms with Crippen LogP contribution in [0.15, 0.2) is 21.2 Å². The van der Waals surface area contributed by atoms with E-state index < -0.39 is 0 Å². The Morgan fingerprint density at radius 3 is 3.00 bits per heavy atom. The van der Waals surface area contributed by atoms with E-state index in [9.17, 15) is 0 Å². The zero-order valence-corrected chi connectivity index (χ0v) is 12.9. The molecule has 102 valence electrons. The average molecular weight is 315 g/mol.